The van der Waals surface area contributed by atoms with E-state index < -0.39 is 0 Å². The second-order valence-electron chi connectivity index (χ2n) is 4.29. The lowest BCUT2D eigenvalue weighted by Gasteiger charge is -2.27. The molecule has 2 aromatic rings. The fraction of sp³-hybridized carbons (Fsp3) is 0.267. The molecule has 0 saturated carbocycles. The Morgan fingerprint density at radius 1 is 1.25 bits per heavy atom. The first kappa shape index (κ1) is 14.8. The van der Waals surface area contributed by atoms with Gasteiger partial charge in [0.1, 0.15) is 5.75 Å². The number of nitrogens with two attached hydrogens (primary N) is 1. The van der Waals surface area contributed by atoms with Crippen molar-refractivity contribution < 1.29 is 4.74 Å². The number of nitrogens with zero attached hydrogens (tertiary/aromatic N) is 2. The predicted octanol–water partition coefficient (Wildman–Crippen LogP) is 3.34. The monoisotopic (exact) mass is 335 g/mol. The van der Waals surface area contributed by atoms with Gasteiger partial charge in [0, 0.05) is 18.9 Å². The van der Waals surface area contributed by atoms with Gasteiger partial charge in [-0.2, -0.15) is 0 Å². The third-order valence-electron chi connectivity index (χ3n) is 3.00. The van der Waals surface area contributed by atoms with Gasteiger partial charge in [0.05, 0.1) is 23.0 Å². The lowest BCUT2D eigenvalue weighted by Crippen LogP contribution is -2.22. The Morgan fingerprint density at radius 2 is 2.05 bits per heavy atom. The first-order chi connectivity index (χ1) is 9.77. The number of para-hydroxylation sites is 2. The molecule has 2 rings (SSSR count). The van der Waals surface area contributed by atoms with E-state index in [1.54, 1.807) is 19.5 Å². The maximum atomic E-state index is 5.66. The van der Waals surface area contributed by atoms with Crippen LogP contribution in [0.5, 0.6) is 5.75 Å². The zero-order valence-corrected chi connectivity index (χ0v) is 13.0. The third-order valence-corrected chi connectivity index (χ3v) is 3.61. The fourth-order valence-electron chi connectivity index (χ4n) is 2.06. The highest BCUT2D eigenvalue weighted by Crippen LogP contribution is 2.36. The molecule has 0 fully saturated rings. The molecular formula is C15H18BrN3O. The molecule has 1 aromatic carbocycles. The van der Waals surface area contributed by atoms with Gasteiger partial charge in [-0.3, -0.25) is 4.98 Å². The lowest BCUT2D eigenvalue weighted by molar-refractivity contribution is 0.415. The molecule has 4 nitrogen and oxygen atoms in total. The summed E-state index contributed by atoms with van der Waals surface area (Å²) in [4.78, 5) is 6.31. The number of anilines is 2. The van der Waals surface area contributed by atoms with Gasteiger partial charge in [-0.25, -0.2) is 0 Å². The van der Waals surface area contributed by atoms with Crippen LogP contribution in [0.1, 0.15) is 6.42 Å². The van der Waals surface area contributed by atoms with Gasteiger partial charge in [0.25, 0.3) is 0 Å². The summed E-state index contributed by atoms with van der Waals surface area (Å²) in [5.74, 6) is 0.841. The number of halogens is 1. The van der Waals surface area contributed by atoms with Crippen LogP contribution < -0.4 is 15.4 Å². The number of ether oxygens (including phenoxy) is 1. The first-order valence-electron chi connectivity index (χ1n) is 6.48. The summed E-state index contributed by atoms with van der Waals surface area (Å²) in [5, 5.41) is 0. The van der Waals surface area contributed by atoms with E-state index in [9.17, 15) is 0 Å². The number of pyridine rings is 1. The van der Waals surface area contributed by atoms with Crippen LogP contribution in [0.3, 0.4) is 0 Å². The van der Waals surface area contributed by atoms with Gasteiger partial charge < -0.3 is 15.4 Å². The molecule has 0 aliphatic heterocycles. The number of benzene rings is 1. The largest absolute Gasteiger partial charge is 0.495 e. The van der Waals surface area contributed by atoms with Gasteiger partial charge in [0.15, 0.2) is 0 Å². The Kier molecular flexibility index (Phi) is 5.38. The van der Waals surface area contributed by atoms with Gasteiger partial charge >= 0.3 is 0 Å². The lowest BCUT2D eigenvalue weighted by atomic mass is 10.2. The minimum Gasteiger partial charge on any atom is -0.495 e. The second kappa shape index (κ2) is 7.26. The van der Waals surface area contributed by atoms with Crippen LogP contribution in [0.15, 0.2) is 47.2 Å². The van der Waals surface area contributed by atoms with Crippen molar-refractivity contribution in [3.05, 3.63) is 47.2 Å². The van der Waals surface area contributed by atoms with E-state index in [0.717, 1.165) is 34.6 Å². The molecule has 1 aromatic heterocycles. The molecule has 0 aliphatic rings. The quantitative estimate of drug-likeness (QED) is 0.879. The highest BCUT2D eigenvalue weighted by Gasteiger charge is 2.15. The number of rotatable bonds is 6. The minimum atomic E-state index is 0.647. The molecule has 2 N–H and O–H groups in total. The summed E-state index contributed by atoms with van der Waals surface area (Å²) < 4.78 is 6.41. The minimum absolute atomic E-state index is 0.647. The van der Waals surface area contributed by atoms with Crippen molar-refractivity contribution in [3.8, 4) is 5.75 Å². The summed E-state index contributed by atoms with van der Waals surface area (Å²) in [5.41, 5.74) is 7.74. The Bertz CT molecular complexity index is 562. The molecule has 0 spiro atoms. The third kappa shape index (κ3) is 3.29. The van der Waals surface area contributed by atoms with E-state index in [4.69, 9.17) is 10.5 Å². The Hall–Kier alpha value is -1.59. The SMILES string of the molecule is COc1ccccc1N(CCCN)c1ccncc1Br. The van der Waals surface area contributed by atoms with Crippen LogP contribution in [-0.4, -0.2) is 25.2 Å². The molecule has 20 heavy (non-hydrogen) atoms. The van der Waals surface area contributed by atoms with Crippen molar-refractivity contribution in [1.82, 2.24) is 4.98 Å². The van der Waals surface area contributed by atoms with Crippen molar-refractivity contribution in [2.75, 3.05) is 25.1 Å². The van der Waals surface area contributed by atoms with Crippen molar-refractivity contribution in [2.24, 2.45) is 5.73 Å². The average Bonchev–Trinajstić information content (AvgIpc) is 2.49. The van der Waals surface area contributed by atoms with Crippen molar-refractivity contribution >= 4 is 27.3 Å². The number of aromatic nitrogens is 1. The molecule has 0 atom stereocenters. The molecule has 0 radical (unpaired) electrons. The molecule has 1 heterocycles. The topological polar surface area (TPSA) is 51.4 Å². The normalized spacial score (nSPS) is 10.3. The molecule has 5 heteroatoms. The highest BCUT2D eigenvalue weighted by molar-refractivity contribution is 9.10. The van der Waals surface area contributed by atoms with Crippen LogP contribution in [0.25, 0.3) is 0 Å². The molecule has 0 aliphatic carbocycles. The van der Waals surface area contributed by atoms with Crippen LogP contribution in [0.2, 0.25) is 0 Å². The zero-order valence-electron chi connectivity index (χ0n) is 11.4. The fourth-order valence-corrected chi connectivity index (χ4v) is 2.52. The Morgan fingerprint density at radius 3 is 2.75 bits per heavy atom. The van der Waals surface area contributed by atoms with E-state index in [1.165, 1.54) is 0 Å². The molecule has 0 saturated heterocycles. The smallest absolute Gasteiger partial charge is 0.142 e. The van der Waals surface area contributed by atoms with Gasteiger partial charge in [-0.15, -0.1) is 0 Å². The van der Waals surface area contributed by atoms with Crippen molar-refractivity contribution in [3.63, 3.8) is 0 Å². The maximum Gasteiger partial charge on any atom is 0.142 e. The average molecular weight is 336 g/mol. The van der Waals surface area contributed by atoms with E-state index in [0.29, 0.717) is 6.54 Å². The number of methoxy groups -OCH3 is 1. The van der Waals surface area contributed by atoms with Crippen LogP contribution in [-0.2, 0) is 0 Å². The zero-order chi connectivity index (χ0) is 14.4. The first-order valence-corrected chi connectivity index (χ1v) is 7.27. The predicted molar refractivity (Wildman–Crippen MR) is 85.6 cm³/mol. The van der Waals surface area contributed by atoms with Gasteiger partial charge in [0.2, 0.25) is 0 Å². The number of hydrogen-bond acceptors (Lipinski definition) is 4. The maximum absolute atomic E-state index is 5.66. The molecule has 0 amide bonds. The van der Waals surface area contributed by atoms with E-state index in [1.807, 2.05) is 30.3 Å². The van der Waals surface area contributed by atoms with Crippen LogP contribution in [0.4, 0.5) is 11.4 Å². The summed E-state index contributed by atoms with van der Waals surface area (Å²) in [6, 6.07) is 9.95. The summed E-state index contributed by atoms with van der Waals surface area (Å²) in [7, 11) is 1.68. The Labute approximate surface area is 127 Å². The van der Waals surface area contributed by atoms with E-state index in [-0.39, 0.29) is 0 Å². The number of hydrogen-bond donors (Lipinski definition) is 1. The molecular weight excluding hydrogens is 318 g/mol. The van der Waals surface area contributed by atoms with Crippen LogP contribution >= 0.6 is 15.9 Å². The van der Waals surface area contributed by atoms with Crippen molar-refractivity contribution in [1.29, 1.82) is 0 Å². The Balaban J connectivity index is 2.44. The van der Waals surface area contributed by atoms with E-state index >= 15 is 0 Å². The van der Waals surface area contributed by atoms with Crippen molar-refractivity contribution in [2.45, 2.75) is 6.42 Å². The molecule has 0 bridgehead atoms. The summed E-state index contributed by atoms with van der Waals surface area (Å²) in [6.45, 7) is 1.47. The summed E-state index contributed by atoms with van der Waals surface area (Å²) >= 11 is 3.56. The summed E-state index contributed by atoms with van der Waals surface area (Å²) in [6.07, 6.45) is 4.47. The molecule has 0 unspecified atom stereocenters. The van der Waals surface area contributed by atoms with E-state index in [2.05, 4.69) is 25.8 Å². The second-order valence-corrected chi connectivity index (χ2v) is 5.15. The van der Waals surface area contributed by atoms with Gasteiger partial charge in [-0.1, -0.05) is 12.1 Å². The standard InChI is InChI=1S/C15H18BrN3O/c1-20-15-6-3-2-5-14(15)19(10-4-8-17)13-7-9-18-11-12(13)16/h2-3,5-7,9,11H,4,8,10,17H2,1H3. The van der Waals surface area contributed by atoms with Gasteiger partial charge in [-0.05, 0) is 47.1 Å². The van der Waals surface area contributed by atoms with Crippen LogP contribution in [0, 0.1) is 0 Å². The molecule has 106 valence electrons. The highest BCUT2D eigenvalue weighted by atomic mass is 79.9.